The van der Waals surface area contributed by atoms with Gasteiger partial charge in [-0.25, -0.2) is 0 Å². The van der Waals surface area contributed by atoms with Crippen LogP contribution < -0.4 is 0 Å². The molecule has 13 heavy (non-hydrogen) atoms. The predicted molar refractivity (Wildman–Crippen MR) is 56.9 cm³/mol. The molecular weight excluding hydrogens is 178 g/mol. The highest BCUT2D eigenvalue weighted by atomic mass is 32.2. The molecule has 2 heterocycles. The Balaban J connectivity index is 2.45. The van der Waals surface area contributed by atoms with Gasteiger partial charge in [0.1, 0.15) is 0 Å². The van der Waals surface area contributed by atoms with Gasteiger partial charge in [0.2, 0.25) is 0 Å². The van der Waals surface area contributed by atoms with E-state index in [0.29, 0.717) is 0 Å². The molecule has 0 N–H and O–H groups in total. The molecule has 0 radical (unpaired) electrons. The first-order chi connectivity index (χ1) is 6.45. The fourth-order valence-electron chi connectivity index (χ4n) is 1.75. The number of hydrogen-bond donors (Lipinski definition) is 0. The third kappa shape index (κ3) is 1.02. The van der Waals surface area contributed by atoms with Gasteiger partial charge in [0.15, 0.2) is 0 Å². The van der Waals surface area contributed by atoms with Crippen molar-refractivity contribution in [1.82, 2.24) is 4.57 Å². The Bertz CT molecular complexity index is 482. The molecule has 0 aliphatic carbocycles. The van der Waals surface area contributed by atoms with Gasteiger partial charge in [0.05, 0.1) is 5.52 Å². The van der Waals surface area contributed by atoms with Gasteiger partial charge in [-0.3, -0.25) is 0 Å². The van der Waals surface area contributed by atoms with E-state index in [1.165, 1.54) is 15.8 Å². The maximum absolute atomic E-state index is 2.29. The van der Waals surface area contributed by atoms with Crippen molar-refractivity contribution in [1.29, 1.82) is 0 Å². The van der Waals surface area contributed by atoms with Crippen molar-refractivity contribution >= 4 is 22.7 Å². The van der Waals surface area contributed by atoms with Crippen LogP contribution in [0.2, 0.25) is 0 Å². The van der Waals surface area contributed by atoms with E-state index in [4.69, 9.17) is 0 Å². The standard InChI is InChI=1S/C11H9NS/c1-3-9-5-7-12-6-2-8-13-10(4-1)11(9)12/h1-5,7-8H,6H2. The number of aromatic nitrogens is 1. The van der Waals surface area contributed by atoms with Crippen molar-refractivity contribution in [2.24, 2.45) is 0 Å². The van der Waals surface area contributed by atoms with Crippen molar-refractivity contribution < 1.29 is 0 Å². The maximum atomic E-state index is 2.29. The van der Waals surface area contributed by atoms with Gasteiger partial charge < -0.3 is 4.57 Å². The molecular formula is C11H9NS. The van der Waals surface area contributed by atoms with E-state index in [1.54, 1.807) is 11.8 Å². The molecule has 0 atom stereocenters. The zero-order valence-corrected chi connectivity index (χ0v) is 7.92. The van der Waals surface area contributed by atoms with Crippen LogP contribution in [0.3, 0.4) is 0 Å². The Morgan fingerprint density at radius 3 is 3.23 bits per heavy atom. The van der Waals surface area contributed by atoms with Gasteiger partial charge in [0, 0.05) is 23.0 Å². The molecule has 0 bridgehead atoms. The summed E-state index contributed by atoms with van der Waals surface area (Å²) >= 11 is 1.81. The summed E-state index contributed by atoms with van der Waals surface area (Å²) in [6, 6.07) is 8.65. The normalized spacial score (nSPS) is 14.8. The van der Waals surface area contributed by atoms with Crippen LogP contribution in [-0.4, -0.2) is 4.57 Å². The molecule has 3 rings (SSSR count). The van der Waals surface area contributed by atoms with E-state index < -0.39 is 0 Å². The van der Waals surface area contributed by atoms with Crippen LogP contribution in [0.5, 0.6) is 0 Å². The van der Waals surface area contributed by atoms with Gasteiger partial charge in [-0.05, 0) is 17.5 Å². The Kier molecular flexibility index (Phi) is 1.49. The molecule has 1 aromatic carbocycles. The molecule has 1 nitrogen and oxygen atoms in total. The largest absolute Gasteiger partial charge is 0.343 e. The van der Waals surface area contributed by atoms with Crippen LogP contribution in [0.25, 0.3) is 10.9 Å². The van der Waals surface area contributed by atoms with E-state index in [9.17, 15) is 0 Å². The van der Waals surface area contributed by atoms with Gasteiger partial charge in [0.25, 0.3) is 0 Å². The summed E-state index contributed by atoms with van der Waals surface area (Å²) in [6.07, 6.45) is 4.36. The first-order valence-electron chi connectivity index (χ1n) is 4.35. The second kappa shape index (κ2) is 2.67. The fraction of sp³-hybridized carbons (Fsp3) is 0.0909. The Morgan fingerprint density at radius 1 is 1.23 bits per heavy atom. The molecule has 1 aliphatic rings. The highest BCUT2D eigenvalue weighted by Crippen LogP contribution is 2.31. The number of nitrogens with zero attached hydrogens (tertiary/aromatic N) is 1. The monoisotopic (exact) mass is 187 g/mol. The molecule has 0 unspecified atom stereocenters. The fourth-order valence-corrected chi connectivity index (χ4v) is 2.58. The summed E-state index contributed by atoms with van der Waals surface area (Å²) < 4.78 is 2.29. The molecule has 0 amide bonds. The molecule has 1 aliphatic heterocycles. The summed E-state index contributed by atoms with van der Waals surface area (Å²) in [5.74, 6) is 0. The lowest BCUT2D eigenvalue weighted by Crippen LogP contribution is -1.91. The summed E-state index contributed by atoms with van der Waals surface area (Å²) in [7, 11) is 0. The van der Waals surface area contributed by atoms with Crippen molar-refractivity contribution in [3.8, 4) is 0 Å². The second-order valence-corrected chi connectivity index (χ2v) is 4.10. The summed E-state index contributed by atoms with van der Waals surface area (Å²) in [6.45, 7) is 0.994. The first kappa shape index (κ1) is 7.27. The number of para-hydroxylation sites is 1. The lowest BCUT2D eigenvalue weighted by Gasteiger charge is -2.02. The number of hydrogen-bond acceptors (Lipinski definition) is 1. The molecule has 64 valence electrons. The van der Waals surface area contributed by atoms with Gasteiger partial charge in [-0.15, -0.1) is 0 Å². The highest BCUT2D eigenvalue weighted by Gasteiger charge is 2.06. The van der Waals surface area contributed by atoms with Crippen LogP contribution in [0, 0.1) is 0 Å². The zero-order chi connectivity index (χ0) is 8.67. The number of benzene rings is 1. The minimum Gasteiger partial charge on any atom is -0.343 e. The molecule has 0 fully saturated rings. The minimum atomic E-state index is 0.994. The Labute approximate surface area is 81.1 Å². The minimum absolute atomic E-state index is 0.994. The first-order valence-corrected chi connectivity index (χ1v) is 5.23. The van der Waals surface area contributed by atoms with Crippen LogP contribution in [-0.2, 0) is 6.54 Å². The lowest BCUT2D eigenvalue weighted by atomic mass is 10.2. The smallest absolute Gasteiger partial charge is 0.0624 e. The van der Waals surface area contributed by atoms with Gasteiger partial charge in [-0.1, -0.05) is 30.0 Å². The lowest BCUT2D eigenvalue weighted by molar-refractivity contribution is 0.860. The third-order valence-corrected chi connectivity index (χ3v) is 3.26. The van der Waals surface area contributed by atoms with E-state index in [-0.39, 0.29) is 0 Å². The second-order valence-electron chi connectivity index (χ2n) is 3.15. The van der Waals surface area contributed by atoms with Crippen LogP contribution in [0.1, 0.15) is 0 Å². The SMILES string of the molecule is C1=CSc2cccc3ccn(c23)C1. The van der Waals surface area contributed by atoms with Crippen LogP contribution >= 0.6 is 11.8 Å². The van der Waals surface area contributed by atoms with E-state index in [0.717, 1.165) is 6.54 Å². The average molecular weight is 187 g/mol. The third-order valence-electron chi connectivity index (χ3n) is 2.34. The molecule has 0 spiro atoms. The number of rotatable bonds is 0. The highest BCUT2D eigenvalue weighted by molar-refractivity contribution is 8.02. The van der Waals surface area contributed by atoms with Crippen molar-refractivity contribution in [2.75, 3.05) is 0 Å². The van der Waals surface area contributed by atoms with E-state index in [2.05, 4.69) is 46.5 Å². The van der Waals surface area contributed by atoms with Crippen LogP contribution in [0.15, 0.2) is 46.8 Å². The van der Waals surface area contributed by atoms with Crippen molar-refractivity contribution in [2.45, 2.75) is 11.4 Å². The number of thioether (sulfide) groups is 1. The molecule has 2 heteroatoms. The van der Waals surface area contributed by atoms with Crippen molar-refractivity contribution in [3.05, 3.63) is 41.9 Å². The zero-order valence-electron chi connectivity index (χ0n) is 7.10. The summed E-state index contributed by atoms with van der Waals surface area (Å²) in [5, 5.41) is 3.51. The predicted octanol–water partition coefficient (Wildman–Crippen LogP) is 3.26. The van der Waals surface area contributed by atoms with Crippen molar-refractivity contribution in [3.63, 3.8) is 0 Å². The maximum Gasteiger partial charge on any atom is 0.0624 e. The van der Waals surface area contributed by atoms with E-state index >= 15 is 0 Å². The Morgan fingerprint density at radius 2 is 2.23 bits per heavy atom. The van der Waals surface area contributed by atoms with Gasteiger partial charge in [-0.2, -0.15) is 0 Å². The molecule has 2 aromatic rings. The average Bonchev–Trinajstić information content (AvgIpc) is 2.44. The molecule has 0 saturated carbocycles. The van der Waals surface area contributed by atoms with Crippen LogP contribution in [0.4, 0.5) is 0 Å². The number of allylic oxidation sites excluding steroid dienone is 1. The van der Waals surface area contributed by atoms with E-state index in [1.807, 2.05) is 0 Å². The van der Waals surface area contributed by atoms with Gasteiger partial charge >= 0.3 is 0 Å². The Hall–Kier alpha value is -1.15. The summed E-state index contributed by atoms with van der Waals surface area (Å²) in [5.41, 5.74) is 1.37. The topological polar surface area (TPSA) is 4.93 Å². The molecule has 0 saturated heterocycles. The summed E-state index contributed by atoms with van der Waals surface area (Å²) in [4.78, 5) is 1.36. The quantitative estimate of drug-likeness (QED) is 0.613. The molecule has 1 aromatic heterocycles.